The Morgan fingerprint density at radius 3 is 2.84 bits per heavy atom. The summed E-state index contributed by atoms with van der Waals surface area (Å²) < 4.78 is 10.4. The molecular weight excluding hydrogens is 360 g/mol. The predicted molar refractivity (Wildman–Crippen MR) is 103 cm³/mol. The molecule has 1 heterocycles. The van der Waals surface area contributed by atoms with Crippen molar-refractivity contribution in [3.63, 3.8) is 0 Å². The van der Waals surface area contributed by atoms with E-state index >= 15 is 0 Å². The average molecular weight is 381 g/mol. The van der Waals surface area contributed by atoms with E-state index < -0.39 is 0 Å². The van der Waals surface area contributed by atoms with E-state index in [1.807, 2.05) is 42.2 Å². The summed E-state index contributed by atoms with van der Waals surface area (Å²) in [5.74, 6) is 0.504. The monoisotopic (exact) mass is 380 g/mol. The van der Waals surface area contributed by atoms with Crippen LogP contribution in [0.2, 0.25) is 5.02 Å². The largest absolute Gasteiger partial charge is 0.467 e. The van der Waals surface area contributed by atoms with Gasteiger partial charge < -0.3 is 19.4 Å². The highest BCUT2D eigenvalue weighted by Gasteiger charge is 2.15. The Balaban J connectivity index is 2.08. The Kier molecular flexibility index (Phi) is 7.28. The Labute approximate surface area is 157 Å². The molecule has 0 radical (unpaired) electrons. The molecule has 5 nitrogen and oxygen atoms in total. The predicted octanol–water partition coefficient (Wildman–Crippen LogP) is 4.39. The zero-order chi connectivity index (χ0) is 18.2. The molecule has 1 N–H and O–H groups in total. The van der Waals surface area contributed by atoms with Gasteiger partial charge in [-0.3, -0.25) is 4.79 Å². The fourth-order valence-electron chi connectivity index (χ4n) is 2.24. The molecule has 0 aliphatic rings. The number of hydrogen-bond donors (Lipinski definition) is 1. The molecule has 0 aliphatic heterocycles. The lowest BCUT2D eigenvalue weighted by molar-refractivity contribution is -0.143. The Hall–Kier alpha value is -2.05. The number of nitrogens with zero attached hydrogens (tertiary/aromatic N) is 1. The van der Waals surface area contributed by atoms with Crippen LogP contribution in [0.15, 0.2) is 41.0 Å². The van der Waals surface area contributed by atoms with Crippen LogP contribution >= 0.6 is 23.8 Å². The number of carbonyl (C=O) groups is 1. The number of carbonyl (C=O) groups excluding carboxylic acids is 1. The van der Waals surface area contributed by atoms with Crippen molar-refractivity contribution in [2.45, 2.75) is 26.8 Å². The highest BCUT2D eigenvalue weighted by Crippen LogP contribution is 2.23. The summed E-state index contributed by atoms with van der Waals surface area (Å²) in [5, 5.41) is 4.35. The number of thiocarbonyl (C=S) groups is 1. The second kappa shape index (κ2) is 9.44. The van der Waals surface area contributed by atoms with E-state index in [4.69, 9.17) is 33.0 Å². The lowest BCUT2D eigenvalue weighted by atomic mass is 10.2. The van der Waals surface area contributed by atoms with Gasteiger partial charge in [-0.15, -0.1) is 0 Å². The SMILES string of the molecule is CCOC(=O)CCN(Cc1ccco1)C(=S)Nc1cccc(Cl)c1C. The quantitative estimate of drug-likeness (QED) is 0.567. The molecule has 7 heteroatoms. The molecule has 0 aliphatic carbocycles. The molecule has 1 aromatic heterocycles. The second-order valence-corrected chi connectivity index (χ2v) is 6.19. The van der Waals surface area contributed by atoms with Crippen LogP contribution in [0.3, 0.4) is 0 Å². The molecule has 134 valence electrons. The van der Waals surface area contributed by atoms with Crippen molar-refractivity contribution >= 4 is 40.6 Å². The first-order valence-corrected chi connectivity index (χ1v) is 8.79. The van der Waals surface area contributed by atoms with E-state index in [9.17, 15) is 4.79 Å². The topological polar surface area (TPSA) is 54.7 Å². The van der Waals surface area contributed by atoms with Crippen LogP contribution in [0.4, 0.5) is 5.69 Å². The first kappa shape index (κ1) is 19.3. The minimum atomic E-state index is -0.256. The number of ether oxygens (including phenoxy) is 1. The van der Waals surface area contributed by atoms with Crippen LogP contribution < -0.4 is 5.32 Å². The van der Waals surface area contributed by atoms with Gasteiger partial charge in [-0.25, -0.2) is 0 Å². The van der Waals surface area contributed by atoms with Crippen LogP contribution in [-0.2, 0) is 16.1 Å². The molecule has 0 saturated heterocycles. The smallest absolute Gasteiger partial charge is 0.307 e. The molecule has 0 amide bonds. The number of rotatable bonds is 7. The number of benzene rings is 1. The molecule has 0 bridgehead atoms. The summed E-state index contributed by atoms with van der Waals surface area (Å²) in [7, 11) is 0. The van der Waals surface area contributed by atoms with E-state index in [0.717, 1.165) is 17.0 Å². The van der Waals surface area contributed by atoms with Gasteiger partial charge in [0.2, 0.25) is 0 Å². The van der Waals surface area contributed by atoms with Gasteiger partial charge in [-0.1, -0.05) is 17.7 Å². The maximum absolute atomic E-state index is 11.7. The van der Waals surface area contributed by atoms with Gasteiger partial charge >= 0.3 is 5.97 Å². The van der Waals surface area contributed by atoms with E-state index in [1.54, 1.807) is 13.2 Å². The van der Waals surface area contributed by atoms with Crippen molar-refractivity contribution in [2.75, 3.05) is 18.5 Å². The van der Waals surface area contributed by atoms with E-state index in [1.165, 1.54) is 0 Å². The molecule has 2 rings (SSSR count). The van der Waals surface area contributed by atoms with Crippen LogP contribution in [0.1, 0.15) is 24.7 Å². The van der Waals surface area contributed by atoms with Gasteiger partial charge in [0, 0.05) is 17.3 Å². The van der Waals surface area contributed by atoms with Crippen molar-refractivity contribution in [3.8, 4) is 0 Å². The van der Waals surface area contributed by atoms with Crippen molar-refractivity contribution in [3.05, 3.63) is 52.9 Å². The number of nitrogens with one attached hydrogen (secondary N) is 1. The molecule has 1 aromatic carbocycles. The first-order valence-electron chi connectivity index (χ1n) is 8.00. The molecule has 0 fully saturated rings. The summed E-state index contributed by atoms with van der Waals surface area (Å²) in [4.78, 5) is 13.5. The van der Waals surface area contributed by atoms with E-state index in [0.29, 0.717) is 29.8 Å². The van der Waals surface area contributed by atoms with Crippen molar-refractivity contribution < 1.29 is 13.9 Å². The summed E-state index contributed by atoms with van der Waals surface area (Å²) in [6.07, 6.45) is 1.85. The second-order valence-electron chi connectivity index (χ2n) is 5.40. The third kappa shape index (κ3) is 5.76. The van der Waals surface area contributed by atoms with Crippen LogP contribution in [-0.4, -0.2) is 29.1 Å². The minimum Gasteiger partial charge on any atom is -0.467 e. The molecule has 25 heavy (non-hydrogen) atoms. The number of anilines is 1. The zero-order valence-corrected chi connectivity index (χ0v) is 15.8. The lowest BCUT2D eigenvalue weighted by Crippen LogP contribution is -2.36. The molecule has 0 spiro atoms. The number of esters is 1. The molecule has 2 aromatic rings. The minimum absolute atomic E-state index is 0.241. The zero-order valence-electron chi connectivity index (χ0n) is 14.3. The standard InChI is InChI=1S/C18H21ClN2O3S/c1-3-23-17(22)9-10-21(12-14-6-5-11-24-14)18(25)20-16-8-4-7-15(19)13(16)2/h4-8,11H,3,9-10,12H2,1-2H3,(H,20,25). The fourth-order valence-corrected chi connectivity index (χ4v) is 2.68. The van der Waals surface area contributed by atoms with Crippen LogP contribution in [0, 0.1) is 6.92 Å². The summed E-state index contributed by atoms with van der Waals surface area (Å²) in [6, 6.07) is 9.27. The maximum Gasteiger partial charge on any atom is 0.307 e. The van der Waals surface area contributed by atoms with Gasteiger partial charge in [0.1, 0.15) is 5.76 Å². The average Bonchev–Trinajstić information content (AvgIpc) is 3.09. The van der Waals surface area contributed by atoms with Gasteiger partial charge in [0.05, 0.1) is 25.8 Å². The van der Waals surface area contributed by atoms with Gasteiger partial charge in [-0.05, 0) is 55.9 Å². The maximum atomic E-state index is 11.7. The lowest BCUT2D eigenvalue weighted by Gasteiger charge is -2.25. The Morgan fingerprint density at radius 1 is 1.36 bits per heavy atom. The van der Waals surface area contributed by atoms with Gasteiger partial charge in [0.25, 0.3) is 0 Å². The van der Waals surface area contributed by atoms with Gasteiger partial charge in [0.15, 0.2) is 5.11 Å². The van der Waals surface area contributed by atoms with E-state index in [2.05, 4.69) is 5.32 Å². The summed E-state index contributed by atoms with van der Waals surface area (Å²) in [5.41, 5.74) is 1.74. The molecule has 0 saturated carbocycles. The highest BCUT2D eigenvalue weighted by molar-refractivity contribution is 7.80. The third-order valence-corrected chi connectivity index (χ3v) is 4.38. The van der Waals surface area contributed by atoms with Crippen molar-refractivity contribution in [1.29, 1.82) is 0 Å². The number of halogens is 1. The molecule has 0 unspecified atom stereocenters. The van der Waals surface area contributed by atoms with Crippen molar-refractivity contribution in [2.24, 2.45) is 0 Å². The molecule has 0 atom stereocenters. The summed E-state index contributed by atoms with van der Waals surface area (Å²) in [6.45, 7) is 4.94. The number of furan rings is 1. The van der Waals surface area contributed by atoms with Crippen LogP contribution in [0.5, 0.6) is 0 Å². The van der Waals surface area contributed by atoms with E-state index in [-0.39, 0.29) is 12.4 Å². The summed E-state index contributed by atoms with van der Waals surface area (Å²) >= 11 is 11.7. The van der Waals surface area contributed by atoms with Crippen molar-refractivity contribution in [1.82, 2.24) is 4.90 Å². The molecular formula is C18H21ClN2O3S. The Morgan fingerprint density at radius 2 is 2.16 bits per heavy atom. The third-order valence-electron chi connectivity index (χ3n) is 3.61. The first-order chi connectivity index (χ1) is 12.0. The number of hydrogen-bond acceptors (Lipinski definition) is 4. The highest BCUT2D eigenvalue weighted by atomic mass is 35.5. The van der Waals surface area contributed by atoms with Gasteiger partial charge in [-0.2, -0.15) is 0 Å². The normalized spacial score (nSPS) is 10.4. The van der Waals surface area contributed by atoms with Crippen LogP contribution in [0.25, 0.3) is 0 Å². The fraction of sp³-hybridized carbons (Fsp3) is 0.333. The Bertz CT molecular complexity index is 719.